The van der Waals surface area contributed by atoms with Crippen LogP contribution in [-0.2, 0) is 4.79 Å². The molecule has 0 heterocycles. The van der Waals surface area contributed by atoms with Crippen LogP contribution in [0.1, 0.15) is 31.1 Å². The number of esters is 1. The first kappa shape index (κ1) is 12.7. The third kappa shape index (κ3) is 3.35. The summed E-state index contributed by atoms with van der Waals surface area (Å²) < 4.78 is 5.12. The Morgan fingerprint density at radius 3 is 2.00 bits per heavy atom. The van der Waals surface area contributed by atoms with Gasteiger partial charge in [-0.15, -0.1) is 0 Å². The van der Waals surface area contributed by atoms with Crippen LogP contribution in [0, 0.1) is 5.41 Å². The Kier molecular flexibility index (Phi) is 3.70. The van der Waals surface area contributed by atoms with Gasteiger partial charge in [0.15, 0.2) is 0 Å². The van der Waals surface area contributed by atoms with Gasteiger partial charge >= 0.3 is 5.97 Å². The summed E-state index contributed by atoms with van der Waals surface area (Å²) in [6.07, 6.45) is 0. The van der Waals surface area contributed by atoms with Crippen molar-refractivity contribution in [3.05, 3.63) is 29.8 Å². The molecule has 0 spiro atoms. The van der Waals surface area contributed by atoms with Gasteiger partial charge in [-0.05, 0) is 56.6 Å². The van der Waals surface area contributed by atoms with E-state index < -0.39 is 10.7 Å². The molecule has 0 saturated heterocycles. The standard InChI is InChI=1S/C12H13ClO3/c1-12(2,3)11(15)16-9-6-4-8(5-7-9)10(13)14/h4-7H,1-3H3. The van der Waals surface area contributed by atoms with E-state index in [2.05, 4.69) is 0 Å². The first-order valence-electron chi connectivity index (χ1n) is 4.83. The van der Waals surface area contributed by atoms with Gasteiger partial charge in [0.2, 0.25) is 0 Å². The van der Waals surface area contributed by atoms with Crippen LogP contribution in [-0.4, -0.2) is 11.2 Å². The van der Waals surface area contributed by atoms with Crippen molar-refractivity contribution >= 4 is 22.8 Å². The maximum atomic E-state index is 11.5. The molecule has 1 aromatic rings. The molecule has 0 saturated carbocycles. The number of hydrogen-bond acceptors (Lipinski definition) is 3. The quantitative estimate of drug-likeness (QED) is 0.453. The van der Waals surface area contributed by atoms with E-state index in [1.165, 1.54) is 12.1 Å². The van der Waals surface area contributed by atoms with Gasteiger partial charge in [0.1, 0.15) is 5.75 Å². The fourth-order valence-corrected chi connectivity index (χ4v) is 1.04. The second-order valence-electron chi connectivity index (χ2n) is 4.44. The predicted molar refractivity (Wildman–Crippen MR) is 61.7 cm³/mol. The Labute approximate surface area is 99.4 Å². The van der Waals surface area contributed by atoms with E-state index in [0.717, 1.165) is 0 Å². The smallest absolute Gasteiger partial charge is 0.316 e. The maximum absolute atomic E-state index is 11.5. The van der Waals surface area contributed by atoms with Crippen molar-refractivity contribution in [2.24, 2.45) is 5.41 Å². The molecule has 16 heavy (non-hydrogen) atoms. The largest absolute Gasteiger partial charge is 0.426 e. The van der Waals surface area contributed by atoms with Crippen molar-refractivity contribution in [1.29, 1.82) is 0 Å². The minimum atomic E-state index is -0.555. The monoisotopic (exact) mass is 240 g/mol. The maximum Gasteiger partial charge on any atom is 0.316 e. The number of rotatable bonds is 2. The van der Waals surface area contributed by atoms with E-state index in [4.69, 9.17) is 16.3 Å². The molecule has 1 rings (SSSR count). The Hall–Kier alpha value is -1.35. The Morgan fingerprint density at radius 1 is 1.12 bits per heavy atom. The van der Waals surface area contributed by atoms with E-state index in [-0.39, 0.29) is 5.97 Å². The van der Waals surface area contributed by atoms with Crippen LogP contribution < -0.4 is 4.74 Å². The van der Waals surface area contributed by atoms with Crippen LogP contribution in [0.4, 0.5) is 0 Å². The number of benzene rings is 1. The Morgan fingerprint density at radius 2 is 1.62 bits per heavy atom. The molecule has 3 nitrogen and oxygen atoms in total. The highest BCUT2D eigenvalue weighted by molar-refractivity contribution is 6.67. The fraction of sp³-hybridized carbons (Fsp3) is 0.333. The second kappa shape index (κ2) is 4.66. The molecule has 4 heteroatoms. The minimum Gasteiger partial charge on any atom is -0.426 e. The predicted octanol–water partition coefficient (Wildman–Crippen LogP) is 3.02. The fourth-order valence-electron chi connectivity index (χ4n) is 0.914. The summed E-state index contributed by atoms with van der Waals surface area (Å²) in [5.74, 6) is 0.0824. The molecule has 0 N–H and O–H groups in total. The lowest BCUT2D eigenvalue weighted by Gasteiger charge is -2.16. The van der Waals surface area contributed by atoms with Crippen molar-refractivity contribution in [3.8, 4) is 5.75 Å². The van der Waals surface area contributed by atoms with Crippen molar-refractivity contribution < 1.29 is 14.3 Å². The number of halogens is 1. The molecular weight excluding hydrogens is 228 g/mol. The van der Waals surface area contributed by atoms with E-state index >= 15 is 0 Å². The van der Waals surface area contributed by atoms with Gasteiger partial charge in [0, 0.05) is 5.56 Å². The van der Waals surface area contributed by atoms with Crippen LogP contribution in [0.5, 0.6) is 5.75 Å². The van der Waals surface area contributed by atoms with E-state index in [9.17, 15) is 9.59 Å². The third-order valence-corrected chi connectivity index (χ3v) is 2.12. The second-order valence-corrected chi connectivity index (χ2v) is 4.78. The topological polar surface area (TPSA) is 43.4 Å². The van der Waals surface area contributed by atoms with Gasteiger partial charge in [0.25, 0.3) is 5.24 Å². The zero-order valence-corrected chi connectivity index (χ0v) is 10.2. The first-order chi connectivity index (χ1) is 7.30. The molecule has 0 aliphatic heterocycles. The average Bonchev–Trinajstić information content (AvgIpc) is 2.17. The minimum absolute atomic E-state index is 0.322. The molecule has 0 aromatic heterocycles. The van der Waals surface area contributed by atoms with E-state index in [0.29, 0.717) is 11.3 Å². The molecule has 86 valence electrons. The summed E-state index contributed by atoms with van der Waals surface area (Å²) in [5, 5.41) is -0.534. The van der Waals surface area contributed by atoms with E-state index in [1.807, 2.05) is 0 Å². The molecule has 0 radical (unpaired) electrons. The Balaban J connectivity index is 2.77. The third-order valence-electron chi connectivity index (χ3n) is 1.90. The van der Waals surface area contributed by atoms with Crippen molar-refractivity contribution in [2.75, 3.05) is 0 Å². The van der Waals surface area contributed by atoms with Crippen LogP contribution in [0.25, 0.3) is 0 Å². The summed E-state index contributed by atoms with van der Waals surface area (Å²) in [6, 6.07) is 6.11. The van der Waals surface area contributed by atoms with Gasteiger partial charge in [-0.3, -0.25) is 9.59 Å². The van der Waals surface area contributed by atoms with Crippen molar-refractivity contribution in [1.82, 2.24) is 0 Å². The normalized spacial score (nSPS) is 11.0. The summed E-state index contributed by atoms with van der Waals surface area (Å²) in [5.41, 5.74) is -0.182. The van der Waals surface area contributed by atoms with Gasteiger partial charge < -0.3 is 4.74 Å². The number of carbonyl (C=O) groups excluding carboxylic acids is 2. The average molecular weight is 241 g/mol. The van der Waals surface area contributed by atoms with Crippen molar-refractivity contribution in [2.45, 2.75) is 20.8 Å². The lowest BCUT2D eigenvalue weighted by Crippen LogP contribution is -2.25. The number of ether oxygens (including phenoxy) is 1. The van der Waals surface area contributed by atoms with Crippen LogP contribution in [0.2, 0.25) is 0 Å². The van der Waals surface area contributed by atoms with Crippen LogP contribution in [0.15, 0.2) is 24.3 Å². The van der Waals surface area contributed by atoms with Gasteiger partial charge in [-0.1, -0.05) is 0 Å². The molecule has 1 aromatic carbocycles. The number of carbonyl (C=O) groups is 2. The molecule has 0 aliphatic carbocycles. The lowest BCUT2D eigenvalue weighted by molar-refractivity contribution is -0.142. The highest BCUT2D eigenvalue weighted by Crippen LogP contribution is 2.20. The van der Waals surface area contributed by atoms with Gasteiger partial charge in [-0.25, -0.2) is 0 Å². The Bertz CT molecular complexity index is 401. The molecule has 0 unspecified atom stereocenters. The highest BCUT2D eigenvalue weighted by Gasteiger charge is 2.23. The molecule has 0 bridgehead atoms. The highest BCUT2D eigenvalue weighted by atomic mass is 35.5. The van der Waals surface area contributed by atoms with Gasteiger partial charge in [-0.2, -0.15) is 0 Å². The molecule has 0 amide bonds. The zero-order chi connectivity index (χ0) is 12.3. The number of hydrogen-bond donors (Lipinski definition) is 0. The molecular formula is C12H13ClO3. The molecule has 0 aliphatic rings. The summed E-state index contributed by atoms with van der Waals surface area (Å²) in [4.78, 5) is 22.3. The van der Waals surface area contributed by atoms with Gasteiger partial charge in [0.05, 0.1) is 5.41 Å². The SMILES string of the molecule is CC(C)(C)C(=O)Oc1ccc(C(=O)Cl)cc1. The molecule has 0 fully saturated rings. The first-order valence-corrected chi connectivity index (χ1v) is 5.20. The summed E-state index contributed by atoms with van der Waals surface area (Å²) in [6.45, 7) is 5.31. The summed E-state index contributed by atoms with van der Waals surface area (Å²) >= 11 is 5.29. The lowest BCUT2D eigenvalue weighted by atomic mass is 9.97. The van der Waals surface area contributed by atoms with Crippen LogP contribution in [0.3, 0.4) is 0 Å². The van der Waals surface area contributed by atoms with Crippen molar-refractivity contribution in [3.63, 3.8) is 0 Å². The van der Waals surface area contributed by atoms with Crippen LogP contribution >= 0.6 is 11.6 Å². The molecule has 0 atom stereocenters. The zero-order valence-electron chi connectivity index (χ0n) is 9.41. The van der Waals surface area contributed by atoms with E-state index in [1.54, 1.807) is 32.9 Å². The summed E-state index contributed by atoms with van der Waals surface area (Å²) in [7, 11) is 0.